The van der Waals surface area contributed by atoms with Crippen LogP contribution in [-0.4, -0.2) is 44.6 Å². The maximum absolute atomic E-state index is 4.48. The van der Waals surface area contributed by atoms with Crippen LogP contribution in [0.1, 0.15) is 25.5 Å². The summed E-state index contributed by atoms with van der Waals surface area (Å²) in [6, 6.07) is 0. The molecule has 21 heavy (non-hydrogen) atoms. The molecule has 0 aliphatic carbocycles. The van der Waals surface area contributed by atoms with Crippen LogP contribution >= 0.6 is 0 Å². The van der Waals surface area contributed by atoms with Gasteiger partial charge in [-0.2, -0.15) is 0 Å². The first kappa shape index (κ1) is 15.2. The first-order valence-corrected chi connectivity index (χ1v) is 6.92. The summed E-state index contributed by atoms with van der Waals surface area (Å²) in [5.74, 6) is 1.73. The van der Waals surface area contributed by atoms with Crippen molar-refractivity contribution in [3.8, 4) is 0 Å². The van der Waals surface area contributed by atoms with Gasteiger partial charge in [0.25, 0.3) is 0 Å². The van der Waals surface area contributed by atoms with E-state index in [0.717, 1.165) is 11.6 Å². The van der Waals surface area contributed by atoms with Crippen molar-refractivity contribution in [2.45, 2.75) is 13.8 Å². The Morgan fingerprint density at radius 1 is 0.952 bits per heavy atom. The molecule has 0 atom stereocenters. The molecule has 0 spiro atoms. The van der Waals surface area contributed by atoms with Gasteiger partial charge in [-0.25, -0.2) is 9.97 Å². The van der Waals surface area contributed by atoms with Crippen LogP contribution in [0.5, 0.6) is 0 Å². The van der Waals surface area contributed by atoms with Crippen LogP contribution in [0.25, 0.3) is 0 Å². The van der Waals surface area contributed by atoms with Crippen LogP contribution in [0.2, 0.25) is 0 Å². The van der Waals surface area contributed by atoms with E-state index in [2.05, 4.69) is 33.8 Å². The van der Waals surface area contributed by atoms with Crippen LogP contribution in [0.3, 0.4) is 0 Å². The van der Waals surface area contributed by atoms with Crippen molar-refractivity contribution in [2.75, 3.05) is 13.1 Å². The van der Waals surface area contributed by atoms with E-state index in [1.807, 2.05) is 48.1 Å². The number of aromatic nitrogens is 4. The minimum absolute atomic E-state index is 0.00330. The minimum atomic E-state index is 0.00330. The molecule has 0 aliphatic heterocycles. The maximum atomic E-state index is 4.48. The molecule has 0 amide bonds. The zero-order chi connectivity index (χ0) is 15.3. The molecular formula is C15H22N6. The molecule has 6 heteroatoms. The highest BCUT2D eigenvalue weighted by atomic mass is 15.0. The molecule has 2 aromatic rings. The molecule has 0 fully saturated rings. The molecule has 0 radical (unpaired) electrons. The lowest BCUT2D eigenvalue weighted by molar-refractivity contribution is 0.396. The lowest BCUT2D eigenvalue weighted by Crippen LogP contribution is -2.20. The summed E-state index contributed by atoms with van der Waals surface area (Å²) in [4.78, 5) is 17.4. The highest BCUT2D eigenvalue weighted by Gasteiger charge is 2.16. The van der Waals surface area contributed by atoms with E-state index >= 15 is 0 Å². The number of imidazole rings is 2. The summed E-state index contributed by atoms with van der Waals surface area (Å²) in [5, 5.41) is 0. The fraction of sp³-hybridized carbons (Fsp3) is 0.467. The molecule has 0 aliphatic rings. The third-order valence-corrected chi connectivity index (χ3v) is 3.17. The van der Waals surface area contributed by atoms with E-state index in [1.54, 1.807) is 12.4 Å². The Kier molecular flexibility index (Phi) is 4.67. The van der Waals surface area contributed by atoms with E-state index in [4.69, 9.17) is 0 Å². The summed E-state index contributed by atoms with van der Waals surface area (Å²) in [6.07, 6.45) is 11.0. The number of hydrogen-bond donors (Lipinski definition) is 0. The molecule has 0 aromatic carbocycles. The van der Waals surface area contributed by atoms with E-state index in [1.165, 1.54) is 0 Å². The van der Waals surface area contributed by atoms with E-state index < -0.39 is 0 Å². The molecule has 0 saturated carbocycles. The van der Waals surface area contributed by atoms with Gasteiger partial charge in [-0.3, -0.25) is 9.98 Å². The van der Waals surface area contributed by atoms with Gasteiger partial charge in [0.15, 0.2) is 0 Å². The summed E-state index contributed by atoms with van der Waals surface area (Å²) < 4.78 is 3.88. The first-order chi connectivity index (χ1) is 9.98. The quantitative estimate of drug-likeness (QED) is 0.759. The molecule has 2 heterocycles. The second-order valence-electron chi connectivity index (χ2n) is 5.90. The Labute approximate surface area is 125 Å². The molecule has 2 aromatic heterocycles. The van der Waals surface area contributed by atoms with Crippen molar-refractivity contribution in [1.82, 2.24) is 19.1 Å². The van der Waals surface area contributed by atoms with Gasteiger partial charge < -0.3 is 9.13 Å². The molecule has 0 N–H and O–H groups in total. The minimum Gasteiger partial charge on any atom is -0.333 e. The van der Waals surface area contributed by atoms with Crippen molar-refractivity contribution in [2.24, 2.45) is 29.5 Å². The van der Waals surface area contributed by atoms with Gasteiger partial charge in [0.1, 0.15) is 11.6 Å². The Morgan fingerprint density at radius 2 is 1.38 bits per heavy atom. The number of nitrogens with zero attached hydrogens (tertiary/aromatic N) is 6. The third kappa shape index (κ3) is 4.37. The first-order valence-electron chi connectivity index (χ1n) is 6.92. The summed E-state index contributed by atoms with van der Waals surface area (Å²) >= 11 is 0. The van der Waals surface area contributed by atoms with Crippen LogP contribution in [0.4, 0.5) is 0 Å². The van der Waals surface area contributed by atoms with Gasteiger partial charge in [-0.15, -0.1) is 0 Å². The molecule has 2 rings (SSSR count). The Bertz CT molecular complexity index is 578. The molecule has 112 valence electrons. The standard InChI is InChI=1S/C15H22N6/c1-15(2,11-16-9-13-18-5-7-20(13)3)12-17-10-14-19-6-8-21(14)4/h5-10H,11-12H2,1-4H3. The lowest BCUT2D eigenvalue weighted by Gasteiger charge is -2.19. The predicted molar refractivity (Wildman–Crippen MR) is 85.1 cm³/mol. The highest BCUT2D eigenvalue weighted by molar-refractivity contribution is 5.75. The maximum Gasteiger partial charge on any atom is 0.150 e. The van der Waals surface area contributed by atoms with Crippen LogP contribution in [0, 0.1) is 5.41 Å². The topological polar surface area (TPSA) is 60.4 Å². The van der Waals surface area contributed by atoms with Gasteiger partial charge in [-0.05, 0) is 0 Å². The lowest BCUT2D eigenvalue weighted by atomic mass is 9.94. The largest absolute Gasteiger partial charge is 0.333 e. The van der Waals surface area contributed by atoms with E-state index in [9.17, 15) is 0 Å². The van der Waals surface area contributed by atoms with Crippen LogP contribution < -0.4 is 0 Å². The Balaban J connectivity index is 1.87. The monoisotopic (exact) mass is 286 g/mol. The van der Waals surface area contributed by atoms with Crippen LogP contribution in [-0.2, 0) is 14.1 Å². The van der Waals surface area contributed by atoms with Crippen LogP contribution in [0.15, 0.2) is 34.8 Å². The fourth-order valence-corrected chi connectivity index (χ4v) is 1.80. The fourth-order valence-electron chi connectivity index (χ4n) is 1.80. The predicted octanol–water partition coefficient (Wildman–Crippen LogP) is 1.72. The van der Waals surface area contributed by atoms with Crippen molar-refractivity contribution in [3.63, 3.8) is 0 Å². The number of hydrogen-bond acceptors (Lipinski definition) is 4. The molecule has 0 bridgehead atoms. The van der Waals surface area contributed by atoms with Gasteiger partial charge in [0, 0.05) is 57.4 Å². The second kappa shape index (κ2) is 6.47. The third-order valence-electron chi connectivity index (χ3n) is 3.17. The Morgan fingerprint density at radius 3 is 1.71 bits per heavy atom. The Hall–Kier alpha value is -2.24. The van der Waals surface area contributed by atoms with Gasteiger partial charge >= 0.3 is 0 Å². The average Bonchev–Trinajstić information content (AvgIpc) is 2.99. The normalized spacial score (nSPS) is 12.8. The zero-order valence-electron chi connectivity index (χ0n) is 13.1. The second-order valence-corrected chi connectivity index (χ2v) is 5.90. The molecule has 0 saturated heterocycles. The number of aliphatic imine (C=N–C) groups is 2. The van der Waals surface area contributed by atoms with Crippen molar-refractivity contribution in [3.05, 3.63) is 36.4 Å². The number of rotatable bonds is 6. The molecular weight excluding hydrogens is 264 g/mol. The molecule has 6 nitrogen and oxygen atoms in total. The van der Waals surface area contributed by atoms with Gasteiger partial charge in [-0.1, -0.05) is 13.8 Å². The smallest absolute Gasteiger partial charge is 0.150 e. The van der Waals surface area contributed by atoms with Gasteiger partial charge in [0.2, 0.25) is 0 Å². The number of aryl methyl sites for hydroxylation is 2. The SMILES string of the molecule is Cn1ccnc1C=NCC(C)(C)CN=Cc1nccn1C. The van der Waals surface area contributed by atoms with Crippen molar-refractivity contribution >= 4 is 12.4 Å². The average molecular weight is 286 g/mol. The highest BCUT2D eigenvalue weighted by Crippen LogP contribution is 2.15. The van der Waals surface area contributed by atoms with E-state index in [0.29, 0.717) is 13.1 Å². The van der Waals surface area contributed by atoms with Crippen molar-refractivity contribution in [1.29, 1.82) is 0 Å². The zero-order valence-corrected chi connectivity index (χ0v) is 13.1. The molecule has 0 unspecified atom stereocenters. The summed E-state index contributed by atoms with van der Waals surface area (Å²) in [6.45, 7) is 5.71. The summed E-state index contributed by atoms with van der Waals surface area (Å²) in [5.41, 5.74) is 0.00330. The van der Waals surface area contributed by atoms with E-state index in [-0.39, 0.29) is 5.41 Å². The summed E-state index contributed by atoms with van der Waals surface area (Å²) in [7, 11) is 3.91. The van der Waals surface area contributed by atoms with Crippen molar-refractivity contribution < 1.29 is 0 Å². The van der Waals surface area contributed by atoms with Gasteiger partial charge in [0.05, 0.1) is 12.4 Å².